The number of H-pyrrole nitrogens is 1. The number of aryl methyl sites for hydroxylation is 2. The number of nitrogens with zero attached hydrogens (tertiary/aromatic N) is 2. The van der Waals surface area contributed by atoms with Gasteiger partial charge in [0, 0.05) is 44.0 Å². The van der Waals surface area contributed by atoms with Crippen LogP contribution in [-0.4, -0.2) is 27.7 Å². The van der Waals surface area contributed by atoms with Crippen LogP contribution in [0.5, 0.6) is 5.75 Å². The molecule has 0 amide bonds. The summed E-state index contributed by atoms with van der Waals surface area (Å²) < 4.78 is 13.6. The molecule has 1 saturated heterocycles. The van der Waals surface area contributed by atoms with E-state index in [1.165, 1.54) is 5.56 Å². The van der Waals surface area contributed by atoms with Crippen LogP contribution in [0.15, 0.2) is 53.5 Å². The van der Waals surface area contributed by atoms with E-state index >= 15 is 0 Å². The Bertz CT molecular complexity index is 1240. The fraction of sp³-hybridized carbons (Fsp3) is 0.308. The summed E-state index contributed by atoms with van der Waals surface area (Å²) >= 11 is 0. The second kappa shape index (κ2) is 8.63. The molecule has 0 spiro atoms. The smallest absolute Gasteiger partial charge is 0.250 e. The van der Waals surface area contributed by atoms with Crippen LogP contribution >= 0.6 is 0 Å². The van der Waals surface area contributed by atoms with Crippen molar-refractivity contribution in [3.63, 3.8) is 0 Å². The van der Waals surface area contributed by atoms with Crippen molar-refractivity contribution in [1.82, 2.24) is 14.5 Å². The number of aromatic amines is 1. The molecule has 2 aliphatic rings. The van der Waals surface area contributed by atoms with Crippen molar-refractivity contribution in [2.75, 3.05) is 13.2 Å². The number of ether oxygens (including phenoxy) is 2. The van der Waals surface area contributed by atoms with Crippen molar-refractivity contribution in [3.05, 3.63) is 87.4 Å². The van der Waals surface area contributed by atoms with Crippen LogP contribution in [0.1, 0.15) is 53.5 Å². The van der Waals surface area contributed by atoms with E-state index in [1.54, 1.807) is 17.7 Å². The van der Waals surface area contributed by atoms with E-state index in [4.69, 9.17) is 14.5 Å². The zero-order valence-electron chi connectivity index (χ0n) is 18.4. The van der Waals surface area contributed by atoms with Crippen molar-refractivity contribution < 1.29 is 9.47 Å². The van der Waals surface area contributed by atoms with Gasteiger partial charge in [0.1, 0.15) is 17.3 Å². The number of allylic oxidation sites excluding steroid dienone is 2. The summed E-state index contributed by atoms with van der Waals surface area (Å²) in [4.78, 5) is 20.5. The molecule has 0 radical (unpaired) electrons. The van der Waals surface area contributed by atoms with Gasteiger partial charge in [-0.15, -0.1) is 0 Å². The molecule has 164 valence electrons. The molecule has 32 heavy (non-hydrogen) atoms. The van der Waals surface area contributed by atoms with Gasteiger partial charge >= 0.3 is 0 Å². The van der Waals surface area contributed by atoms with Crippen LogP contribution in [0, 0.1) is 6.92 Å². The summed E-state index contributed by atoms with van der Waals surface area (Å²) in [5.41, 5.74) is 4.85. The Hall–Kier alpha value is -3.38. The number of hydrogen-bond donors (Lipinski definition) is 1. The Kier molecular flexibility index (Phi) is 5.53. The Labute approximate surface area is 187 Å². The number of nitrogens with one attached hydrogen (secondary N) is 1. The molecule has 0 bridgehead atoms. The van der Waals surface area contributed by atoms with E-state index < -0.39 is 0 Å². The molecular formula is C26H27N3O3. The second-order valence-electron chi connectivity index (χ2n) is 8.47. The summed E-state index contributed by atoms with van der Waals surface area (Å²) in [6, 6.07) is 11.5. The Morgan fingerprint density at radius 1 is 1.12 bits per heavy atom. The molecule has 0 saturated carbocycles. The summed E-state index contributed by atoms with van der Waals surface area (Å²) in [5.74, 6) is 2.82. The van der Waals surface area contributed by atoms with Crippen LogP contribution < -0.4 is 10.3 Å². The lowest BCUT2D eigenvalue weighted by Crippen LogP contribution is -2.15. The van der Waals surface area contributed by atoms with Crippen molar-refractivity contribution in [1.29, 1.82) is 0 Å². The summed E-state index contributed by atoms with van der Waals surface area (Å²) in [5, 5.41) is 0. The maximum Gasteiger partial charge on any atom is 0.250 e. The minimum Gasteiger partial charge on any atom is -0.455 e. The average molecular weight is 430 g/mol. The number of fused-ring (bicyclic) bond motifs is 1. The predicted octanol–water partition coefficient (Wildman–Crippen LogP) is 4.68. The number of pyridine rings is 1. The fourth-order valence-electron chi connectivity index (χ4n) is 4.25. The fourth-order valence-corrected chi connectivity index (χ4v) is 4.25. The van der Waals surface area contributed by atoms with E-state index in [9.17, 15) is 4.79 Å². The normalized spacial score (nSPS) is 16.7. The summed E-state index contributed by atoms with van der Waals surface area (Å²) in [7, 11) is 1.77. The Morgan fingerprint density at radius 2 is 1.91 bits per heavy atom. The lowest BCUT2D eigenvalue weighted by Gasteiger charge is -2.20. The summed E-state index contributed by atoms with van der Waals surface area (Å²) in [6.45, 7) is 3.58. The van der Waals surface area contributed by atoms with E-state index in [-0.39, 0.29) is 5.56 Å². The predicted molar refractivity (Wildman–Crippen MR) is 125 cm³/mol. The third kappa shape index (κ3) is 4.06. The van der Waals surface area contributed by atoms with Gasteiger partial charge in [0.25, 0.3) is 0 Å². The first kappa shape index (κ1) is 20.5. The van der Waals surface area contributed by atoms with Gasteiger partial charge in [-0.05, 0) is 56.0 Å². The van der Waals surface area contributed by atoms with E-state index in [0.717, 1.165) is 65.9 Å². The van der Waals surface area contributed by atoms with Crippen molar-refractivity contribution in [3.8, 4) is 5.75 Å². The van der Waals surface area contributed by atoms with Crippen molar-refractivity contribution in [2.45, 2.75) is 32.1 Å². The average Bonchev–Trinajstić information content (AvgIpc) is 3.16. The monoisotopic (exact) mass is 429 g/mol. The molecule has 3 aromatic rings. The molecule has 5 rings (SSSR count). The molecule has 0 atom stereocenters. The van der Waals surface area contributed by atoms with Gasteiger partial charge in [0.2, 0.25) is 5.56 Å². The SMILES string of the molecule is Cc1ccc(OC2=C(c3ccc(=O)n(C)c3)CC=Cc3[nH]c(C4CCOCC4)nc32)cc1. The van der Waals surface area contributed by atoms with Gasteiger partial charge in [0.05, 0.1) is 5.69 Å². The largest absolute Gasteiger partial charge is 0.455 e. The number of rotatable bonds is 4. The molecule has 6 heteroatoms. The van der Waals surface area contributed by atoms with Gasteiger partial charge in [-0.2, -0.15) is 0 Å². The molecule has 1 fully saturated rings. The van der Waals surface area contributed by atoms with Gasteiger partial charge < -0.3 is 19.0 Å². The van der Waals surface area contributed by atoms with Crippen LogP contribution in [0.4, 0.5) is 0 Å². The number of benzene rings is 1. The zero-order chi connectivity index (χ0) is 22.1. The van der Waals surface area contributed by atoms with Crippen LogP contribution in [-0.2, 0) is 11.8 Å². The minimum atomic E-state index is -0.0400. The first-order valence-electron chi connectivity index (χ1n) is 11.1. The van der Waals surface area contributed by atoms with Gasteiger partial charge in [0.15, 0.2) is 5.76 Å². The highest BCUT2D eigenvalue weighted by molar-refractivity contribution is 5.91. The van der Waals surface area contributed by atoms with Crippen molar-refractivity contribution in [2.24, 2.45) is 7.05 Å². The Balaban J connectivity index is 1.64. The summed E-state index contributed by atoms with van der Waals surface area (Å²) in [6.07, 6.45) is 8.66. The number of aromatic nitrogens is 3. The molecule has 1 aromatic carbocycles. The van der Waals surface area contributed by atoms with E-state index in [0.29, 0.717) is 12.3 Å². The molecule has 1 aliphatic carbocycles. The van der Waals surface area contributed by atoms with Crippen LogP contribution in [0.2, 0.25) is 0 Å². The van der Waals surface area contributed by atoms with Crippen LogP contribution in [0.3, 0.4) is 0 Å². The molecule has 0 unspecified atom stereocenters. The quantitative estimate of drug-likeness (QED) is 0.654. The first-order chi connectivity index (χ1) is 15.6. The lowest BCUT2D eigenvalue weighted by atomic mass is 10.00. The molecule has 2 aromatic heterocycles. The maximum absolute atomic E-state index is 12.0. The lowest BCUT2D eigenvalue weighted by molar-refractivity contribution is 0.0837. The number of hydrogen-bond acceptors (Lipinski definition) is 4. The van der Waals surface area contributed by atoms with Crippen LogP contribution in [0.25, 0.3) is 17.4 Å². The van der Waals surface area contributed by atoms with Gasteiger partial charge in [-0.25, -0.2) is 4.98 Å². The highest BCUT2D eigenvalue weighted by Gasteiger charge is 2.26. The van der Waals surface area contributed by atoms with Crippen molar-refractivity contribution >= 4 is 17.4 Å². The highest BCUT2D eigenvalue weighted by Crippen LogP contribution is 2.37. The number of imidazole rings is 1. The zero-order valence-corrected chi connectivity index (χ0v) is 18.4. The standard InChI is InChI=1S/C26H27N3O3/c1-17-6-9-20(10-7-17)32-25-21(19-8-11-23(30)29(2)16-19)4-3-5-22-24(25)28-26(27-22)18-12-14-31-15-13-18/h3,5-11,16,18H,4,12-15H2,1-2H3,(H,27,28). The first-order valence-corrected chi connectivity index (χ1v) is 11.1. The van der Waals surface area contributed by atoms with Gasteiger partial charge in [-0.1, -0.05) is 23.8 Å². The van der Waals surface area contributed by atoms with E-state index in [1.807, 2.05) is 36.5 Å². The third-order valence-electron chi connectivity index (χ3n) is 6.13. The minimum absolute atomic E-state index is 0.0400. The van der Waals surface area contributed by atoms with Gasteiger partial charge in [-0.3, -0.25) is 4.79 Å². The maximum atomic E-state index is 12.0. The molecule has 1 N–H and O–H groups in total. The highest BCUT2D eigenvalue weighted by atomic mass is 16.5. The second-order valence-corrected chi connectivity index (χ2v) is 8.47. The molecule has 1 aliphatic heterocycles. The Morgan fingerprint density at radius 3 is 2.66 bits per heavy atom. The third-order valence-corrected chi connectivity index (χ3v) is 6.13. The van der Waals surface area contributed by atoms with E-state index in [2.05, 4.69) is 24.1 Å². The molecule has 6 nitrogen and oxygen atoms in total. The topological polar surface area (TPSA) is 69.1 Å². The molecule has 3 heterocycles. The molecular weight excluding hydrogens is 402 g/mol.